The summed E-state index contributed by atoms with van der Waals surface area (Å²) in [5.74, 6) is -0.137. The summed E-state index contributed by atoms with van der Waals surface area (Å²) in [6, 6.07) is 14.8. The standard InChI is InChI=1S/C13H12N2O2/c16-12-8-4-7-11(9-12)15-13(17)14-10-5-2-1-3-6-10/h1-9,16H,(H2,14,15,17)/p-1. The van der Waals surface area contributed by atoms with Crippen LogP contribution < -0.4 is 15.7 Å². The Balaban J connectivity index is 1.98. The van der Waals surface area contributed by atoms with E-state index in [0.29, 0.717) is 11.4 Å². The predicted molar refractivity (Wildman–Crippen MR) is 65.0 cm³/mol. The minimum Gasteiger partial charge on any atom is -0.872 e. The predicted octanol–water partition coefficient (Wildman–Crippen LogP) is 2.40. The van der Waals surface area contributed by atoms with Crippen LogP contribution in [0.1, 0.15) is 0 Å². The molecule has 0 aliphatic carbocycles. The van der Waals surface area contributed by atoms with Crippen LogP contribution in [-0.4, -0.2) is 6.03 Å². The van der Waals surface area contributed by atoms with Crippen LogP contribution >= 0.6 is 0 Å². The molecule has 0 fully saturated rings. The number of nitrogens with one attached hydrogen (secondary N) is 2. The highest BCUT2D eigenvalue weighted by molar-refractivity contribution is 5.99. The second-order valence-electron chi connectivity index (χ2n) is 3.47. The van der Waals surface area contributed by atoms with Gasteiger partial charge < -0.3 is 15.7 Å². The number of carbonyl (C=O) groups excluding carboxylic acids is 1. The molecule has 0 aliphatic rings. The maximum Gasteiger partial charge on any atom is 0.323 e. The zero-order valence-electron chi connectivity index (χ0n) is 9.01. The molecule has 0 unspecified atom stereocenters. The topological polar surface area (TPSA) is 64.2 Å². The van der Waals surface area contributed by atoms with Crippen molar-refractivity contribution in [3.8, 4) is 5.75 Å². The molecule has 0 atom stereocenters. The van der Waals surface area contributed by atoms with E-state index in [1.807, 2.05) is 18.2 Å². The quantitative estimate of drug-likeness (QED) is 0.827. The van der Waals surface area contributed by atoms with Gasteiger partial charge in [0.05, 0.1) is 0 Å². The lowest BCUT2D eigenvalue weighted by atomic mass is 10.3. The SMILES string of the molecule is O=C(Nc1ccccc1)Nc1cccc([O-])c1. The lowest BCUT2D eigenvalue weighted by molar-refractivity contribution is -0.268. The number of hydrogen-bond acceptors (Lipinski definition) is 2. The molecule has 0 radical (unpaired) electrons. The van der Waals surface area contributed by atoms with Crippen molar-refractivity contribution in [2.45, 2.75) is 0 Å². The molecule has 0 aromatic heterocycles. The largest absolute Gasteiger partial charge is 0.872 e. The van der Waals surface area contributed by atoms with Crippen LogP contribution in [0.4, 0.5) is 16.2 Å². The number of hydrogen-bond donors (Lipinski definition) is 2. The maximum atomic E-state index is 11.6. The van der Waals surface area contributed by atoms with Gasteiger partial charge in [0.25, 0.3) is 0 Å². The van der Waals surface area contributed by atoms with Gasteiger partial charge in [-0.05, 0) is 24.3 Å². The molecule has 0 saturated heterocycles. The van der Waals surface area contributed by atoms with E-state index in [1.165, 1.54) is 12.1 Å². The van der Waals surface area contributed by atoms with E-state index in [4.69, 9.17) is 0 Å². The fourth-order valence-electron chi connectivity index (χ4n) is 1.39. The van der Waals surface area contributed by atoms with Crippen molar-refractivity contribution >= 4 is 17.4 Å². The minimum atomic E-state index is -0.373. The first-order valence-corrected chi connectivity index (χ1v) is 5.14. The van der Waals surface area contributed by atoms with E-state index in [0.717, 1.165) is 0 Å². The Morgan fingerprint density at radius 1 is 0.882 bits per heavy atom. The fourth-order valence-corrected chi connectivity index (χ4v) is 1.39. The van der Waals surface area contributed by atoms with E-state index >= 15 is 0 Å². The smallest absolute Gasteiger partial charge is 0.323 e. The van der Waals surface area contributed by atoms with Crippen molar-refractivity contribution in [1.82, 2.24) is 0 Å². The van der Waals surface area contributed by atoms with Gasteiger partial charge in [0.2, 0.25) is 0 Å². The van der Waals surface area contributed by atoms with Crippen molar-refractivity contribution in [2.24, 2.45) is 0 Å². The lowest BCUT2D eigenvalue weighted by Crippen LogP contribution is -2.19. The summed E-state index contributed by atoms with van der Waals surface area (Å²) < 4.78 is 0. The van der Waals surface area contributed by atoms with E-state index in [-0.39, 0.29) is 11.8 Å². The average molecular weight is 227 g/mol. The van der Waals surface area contributed by atoms with Gasteiger partial charge in [0.1, 0.15) is 0 Å². The van der Waals surface area contributed by atoms with Crippen molar-refractivity contribution in [3.63, 3.8) is 0 Å². The molecule has 86 valence electrons. The average Bonchev–Trinajstić information content (AvgIpc) is 2.30. The first-order chi connectivity index (χ1) is 8.24. The van der Waals surface area contributed by atoms with Crippen LogP contribution in [0, 0.1) is 0 Å². The number of carbonyl (C=O) groups is 1. The molecule has 2 rings (SSSR count). The lowest BCUT2D eigenvalue weighted by Gasteiger charge is -2.10. The second kappa shape index (κ2) is 5.03. The van der Waals surface area contributed by atoms with Gasteiger partial charge >= 0.3 is 6.03 Å². The van der Waals surface area contributed by atoms with Gasteiger partial charge in [-0.25, -0.2) is 4.79 Å². The third kappa shape index (κ3) is 3.24. The number of amides is 2. The minimum absolute atomic E-state index is 0.137. The van der Waals surface area contributed by atoms with E-state index in [2.05, 4.69) is 10.6 Å². The van der Waals surface area contributed by atoms with E-state index < -0.39 is 0 Å². The van der Waals surface area contributed by atoms with Crippen LogP contribution in [0.3, 0.4) is 0 Å². The molecule has 2 amide bonds. The summed E-state index contributed by atoms with van der Waals surface area (Å²) >= 11 is 0. The van der Waals surface area contributed by atoms with Gasteiger partial charge in [-0.1, -0.05) is 30.3 Å². The molecule has 4 heteroatoms. The van der Waals surface area contributed by atoms with Crippen LogP contribution in [0.15, 0.2) is 54.6 Å². The summed E-state index contributed by atoms with van der Waals surface area (Å²) in [4.78, 5) is 11.6. The number of rotatable bonds is 2. The van der Waals surface area contributed by atoms with Gasteiger partial charge in [-0.15, -0.1) is 5.75 Å². The van der Waals surface area contributed by atoms with Crippen LogP contribution in [0.2, 0.25) is 0 Å². The Labute approximate surface area is 98.9 Å². The molecular formula is C13H11N2O2-. The van der Waals surface area contributed by atoms with Crippen molar-refractivity contribution in [2.75, 3.05) is 10.6 Å². The van der Waals surface area contributed by atoms with Crippen molar-refractivity contribution < 1.29 is 9.90 Å². The Morgan fingerprint density at radius 3 is 2.24 bits per heavy atom. The number of anilines is 2. The zero-order chi connectivity index (χ0) is 12.1. The monoisotopic (exact) mass is 227 g/mol. The van der Waals surface area contributed by atoms with Gasteiger partial charge in [-0.3, -0.25) is 0 Å². The summed E-state index contributed by atoms with van der Waals surface area (Å²) in [6.45, 7) is 0. The molecule has 2 aromatic rings. The first kappa shape index (κ1) is 11.0. The molecule has 0 bridgehead atoms. The highest BCUT2D eigenvalue weighted by Crippen LogP contribution is 2.13. The molecule has 0 heterocycles. The van der Waals surface area contributed by atoms with Crippen LogP contribution in [0.25, 0.3) is 0 Å². The Bertz CT molecular complexity index is 512. The summed E-state index contributed by atoms with van der Waals surface area (Å²) in [5.41, 5.74) is 1.18. The third-order valence-corrected chi connectivity index (χ3v) is 2.12. The Kier molecular flexibility index (Phi) is 3.25. The second-order valence-corrected chi connectivity index (χ2v) is 3.47. The van der Waals surface area contributed by atoms with Gasteiger partial charge in [0.15, 0.2) is 0 Å². The normalized spacial score (nSPS) is 9.65. The fraction of sp³-hybridized carbons (Fsp3) is 0. The van der Waals surface area contributed by atoms with E-state index in [1.54, 1.807) is 24.3 Å². The van der Waals surface area contributed by atoms with Crippen LogP contribution in [-0.2, 0) is 0 Å². The molecule has 0 aliphatic heterocycles. The molecule has 0 saturated carbocycles. The highest BCUT2D eigenvalue weighted by atomic mass is 16.3. The molecule has 2 N–H and O–H groups in total. The van der Waals surface area contributed by atoms with Gasteiger partial charge in [0, 0.05) is 11.4 Å². The zero-order valence-corrected chi connectivity index (χ0v) is 9.01. The number of para-hydroxylation sites is 1. The molecule has 17 heavy (non-hydrogen) atoms. The number of benzene rings is 2. The number of urea groups is 1. The highest BCUT2D eigenvalue weighted by Gasteiger charge is 2.00. The van der Waals surface area contributed by atoms with E-state index in [9.17, 15) is 9.90 Å². The molecule has 0 spiro atoms. The first-order valence-electron chi connectivity index (χ1n) is 5.14. The van der Waals surface area contributed by atoms with Crippen molar-refractivity contribution in [3.05, 3.63) is 54.6 Å². The Hall–Kier alpha value is -2.49. The van der Waals surface area contributed by atoms with Gasteiger partial charge in [-0.2, -0.15) is 0 Å². The summed E-state index contributed by atoms with van der Waals surface area (Å²) in [5, 5.41) is 16.3. The third-order valence-electron chi connectivity index (χ3n) is 2.12. The summed E-state index contributed by atoms with van der Waals surface area (Å²) in [7, 11) is 0. The molecular weight excluding hydrogens is 216 g/mol. The summed E-state index contributed by atoms with van der Waals surface area (Å²) in [6.07, 6.45) is 0. The molecule has 2 aromatic carbocycles. The Morgan fingerprint density at radius 2 is 1.53 bits per heavy atom. The molecule has 4 nitrogen and oxygen atoms in total. The van der Waals surface area contributed by atoms with Crippen molar-refractivity contribution in [1.29, 1.82) is 0 Å². The van der Waals surface area contributed by atoms with Crippen LogP contribution in [0.5, 0.6) is 5.75 Å². The maximum absolute atomic E-state index is 11.6.